The zero-order chi connectivity index (χ0) is 15.6. The minimum Gasteiger partial charge on any atom is -0.396 e. The zero-order valence-corrected chi connectivity index (χ0v) is 12.4. The van der Waals surface area contributed by atoms with Gasteiger partial charge in [0.15, 0.2) is 0 Å². The molecule has 2 aromatic rings. The molecule has 0 aromatic heterocycles. The maximum Gasteiger partial charge on any atom is 0.255 e. The van der Waals surface area contributed by atoms with Crippen molar-refractivity contribution in [3.63, 3.8) is 0 Å². The van der Waals surface area contributed by atoms with Crippen molar-refractivity contribution in [3.8, 4) is 0 Å². The summed E-state index contributed by atoms with van der Waals surface area (Å²) in [4.78, 5) is 12.1. The predicted molar refractivity (Wildman–Crippen MR) is 83.9 cm³/mol. The van der Waals surface area contributed by atoms with Crippen molar-refractivity contribution >= 4 is 17.3 Å². The number of nitrogens with one attached hydrogen (secondary N) is 1. The predicted octanol–water partition coefficient (Wildman–Crippen LogP) is 3.96. The summed E-state index contributed by atoms with van der Waals surface area (Å²) in [5.74, 6) is -0.746. The molecule has 0 aliphatic heterocycles. The molecule has 0 saturated carbocycles. The first-order chi connectivity index (χ1) is 9.77. The summed E-state index contributed by atoms with van der Waals surface area (Å²) >= 11 is 0. The fourth-order valence-electron chi connectivity index (χ4n) is 1.95. The van der Waals surface area contributed by atoms with Gasteiger partial charge in [-0.05, 0) is 41.3 Å². The van der Waals surface area contributed by atoms with Crippen molar-refractivity contribution in [1.82, 2.24) is 0 Å². The number of hydrogen-bond acceptors (Lipinski definition) is 2. The zero-order valence-electron chi connectivity index (χ0n) is 12.4. The first-order valence-corrected chi connectivity index (χ1v) is 6.74. The highest BCUT2D eigenvalue weighted by atomic mass is 19.1. The van der Waals surface area contributed by atoms with Crippen molar-refractivity contribution in [3.05, 3.63) is 59.4 Å². The number of carbonyl (C=O) groups excluding carboxylic acids is 1. The Morgan fingerprint density at radius 2 is 1.71 bits per heavy atom. The van der Waals surface area contributed by atoms with Gasteiger partial charge in [-0.2, -0.15) is 0 Å². The van der Waals surface area contributed by atoms with E-state index in [0.717, 1.165) is 5.56 Å². The number of carbonyl (C=O) groups is 1. The number of halogens is 1. The Kier molecular flexibility index (Phi) is 3.98. The lowest BCUT2D eigenvalue weighted by molar-refractivity contribution is 0.102. The van der Waals surface area contributed by atoms with Gasteiger partial charge in [0.25, 0.3) is 5.91 Å². The number of nitrogens with two attached hydrogens (primary N) is 1. The Morgan fingerprint density at radius 1 is 1.10 bits per heavy atom. The van der Waals surface area contributed by atoms with Gasteiger partial charge < -0.3 is 11.1 Å². The van der Waals surface area contributed by atoms with E-state index in [1.54, 1.807) is 12.1 Å². The lowest BCUT2D eigenvalue weighted by Gasteiger charge is -2.19. The molecule has 0 fully saturated rings. The van der Waals surface area contributed by atoms with Crippen LogP contribution in [0.2, 0.25) is 0 Å². The van der Waals surface area contributed by atoms with Crippen LogP contribution < -0.4 is 11.1 Å². The van der Waals surface area contributed by atoms with E-state index in [1.807, 2.05) is 12.1 Å². The minimum absolute atomic E-state index is 0.0101. The van der Waals surface area contributed by atoms with E-state index in [-0.39, 0.29) is 17.0 Å². The molecule has 21 heavy (non-hydrogen) atoms. The second kappa shape index (κ2) is 5.56. The standard InChI is InChI=1S/C17H19FN2O/c1-17(2,3)12-6-4-11(5-7-12)16(21)20-13-8-9-14(18)15(19)10-13/h4-10H,19H2,1-3H3,(H,20,21). The van der Waals surface area contributed by atoms with Gasteiger partial charge in [0, 0.05) is 11.3 Å². The van der Waals surface area contributed by atoms with Crippen molar-refractivity contribution < 1.29 is 9.18 Å². The molecule has 0 atom stereocenters. The van der Waals surface area contributed by atoms with Crippen molar-refractivity contribution in [2.75, 3.05) is 11.1 Å². The van der Waals surface area contributed by atoms with Crippen molar-refractivity contribution in [1.29, 1.82) is 0 Å². The van der Waals surface area contributed by atoms with Crippen LogP contribution in [0.15, 0.2) is 42.5 Å². The lowest BCUT2D eigenvalue weighted by atomic mass is 9.87. The molecular formula is C17H19FN2O. The Bertz CT molecular complexity index is 657. The Labute approximate surface area is 124 Å². The second-order valence-electron chi connectivity index (χ2n) is 6.02. The SMILES string of the molecule is CC(C)(C)c1ccc(C(=O)Nc2ccc(F)c(N)c2)cc1. The molecule has 0 unspecified atom stereocenters. The van der Waals surface area contributed by atoms with Gasteiger partial charge in [-0.15, -0.1) is 0 Å². The van der Waals surface area contributed by atoms with Crippen LogP contribution in [0, 0.1) is 5.82 Å². The van der Waals surface area contributed by atoms with Gasteiger partial charge in [-0.25, -0.2) is 4.39 Å². The number of hydrogen-bond donors (Lipinski definition) is 2. The number of rotatable bonds is 2. The molecule has 2 rings (SSSR count). The van der Waals surface area contributed by atoms with Crippen molar-refractivity contribution in [2.24, 2.45) is 0 Å². The lowest BCUT2D eigenvalue weighted by Crippen LogP contribution is -2.14. The normalized spacial score (nSPS) is 11.2. The van der Waals surface area contributed by atoms with Crippen LogP contribution in [0.5, 0.6) is 0 Å². The van der Waals surface area contributed by atoms with Crippen LogP contribution in [0.25, 0.3) is 0 Å². The minimum atomic E-state index is -0.498. The number of anilines is 2. The third-order valence-electron chi connectivity index (χ3n) is 3.27. The van der Waals surface area contributed by atoms with Crippen LogP contribution >= 0.6 is 0 Å². The number of nitrogen functional groups attached to an aromatic ring is 1. The van der Waals surface area contributed by atoms with Gasteiger partial charge in [-0.1, -0.05) is 32.9 Å². The summed E-state index contributed by atoms with van der Waals surface area (Å²) < 4.78 is 13.1. The molecule has 0 bridgehead atoms. The maximum absolute atomic E-state index is 13.1. The summed E-state index contributed by atoms with van der Waals surface area (Å²) in [5.41, 5.74) is 7.70. The maximum atomic E-state index is 13.1. The van der Waals surface area contributed by atoms with Gasteiger partial charge in [-0.3, -0.25) is 4.79 Å². The molecule has 110 valence electrons. The van der Waals surface area contributed by atoms with Crippen LogP contribution in [0.4, 0.5) is 15.8 Å². The first-order valence-electron chi connectivity index (χ1n) is 6.74. The van der Waals surface area contributed by atoms with E-state index >= 15 is 0 Å². The molecule has 3 N–H and O–H groups in total. The van der Waals surface area contributed by atoms with E-state index in [1.165, 1.54) is 18.2 Å². The molecule has 0 radical (unpaired) electrons. The third-order valence-corrected chi connectivity index (χ3v) is 3.27. The summed E-state index contributed by atoms with van der Waals surface area (Å²) in [7, 11) is 0. The highest BCUT2D eigenvalue weighted by molar-refractivity contribution is 6.04. The average molecular weight is 286 g/mol. The van der Waals surface area contributed by atoms with E-state index in [2.05, 4.69) is 26.1 Å². The molecule has 0 heterocycles. The van der Waals surface area contributed by atoms with Crippen LogP contribution in [-0.2, 0) is 5.41 Å². The molecule has 4 heteroatoms. The molecule has 3 nitrogen and oxygen atoms in total. The van der Waals surface area contributed by atoms with Gasteiger partial charge in [0.1, 0.15) is 5.82 Å². The van der Waals surface area contributed by atoms with E-state index in [9.17, 15) is 9.18 Å². The number of benzene rings is 2. The monoisotopic (exact) mass is 286 g/mol. The third kappa shape index (κ3) is 3.60. The summed E-state index contributed by atoms with van der Waals surface area (Å²) in [5, 5.41) is 2.70. The van der Waals surface area contributed by atoms with Crippen LogP contribution in [0.1, 0.15) is 36.7 Å². The molecule has 0 aliphatic carbocycles. The first kappa shape index (κ1) is 15.0. The summed E-state index contributed by atoms with van der Waals surface area (Å²) in [6, 6.07) is 11.5. The molecule has 0 aliphatic rings. The Balaban J connectivity index is 2.15. The fourth-order valence-corrected chi connectivity index (χ4v) is 1.95. The van der Waals surface area contributed by atoms with E-state index < -0.39 is 5.82 Å². The van der Waals surface area contributed by atoms with Gasteiger partial charge >= 0.3 is 0 Å². The summed E-state index contributed by atoms with van der Waals surface area (Å²) in [6.07, 6.45) is 0. The Morgan fingerprint density at radius 3 is 2.24 bits per heavy atom. The molecule has 2 aromatic carbocycles. The molecule has 0 spiro atoms. The van der Waals surface area contributed by atoms with Crippen molar-refractivity contribution in [2.45, 2.75) is 26.2 Å². The average Bonchev–Trinajstić information content (AvgIpc) is 2.42. The number of amides is 1. The largest absolute Gasteiger partial charge is 0.396 e. The molecule has 1 amide bonds. The van der Waals surface area contributed by atoms with Gasteiger partial charge in [0.05, 0.1) is 5.69 Å². The molecule has 0 saturated heterocycles. The topological polar surface area (TPSA) is 55.1 Å². The van der Waals surface area contributed by atoms with Gasteiger partial charge in [0.2, 0.25) is 0 Å². The van der Waals surface area contributed by atoms with Crippen LogP contribution in [-0.4, -0.2) is 5.91 Å². The smallest absolute Gasteiger partial charge is 0.255 e. The van der Waals surface area contributed by atoms with E-state index in [0.29, 0.717) is 11.3 Å². The Hall–Kier alpha value is -2.36. The summed E-state index contributed by atoms with van der Waals surface area (Å²) in [6.45, 7) is 6.34. The highest BCUT2D eigenvalue weighted by Gasteiger charge is 2.14. The highest BCUT2D eigenvalue weighted by Crippen LogP contribution is 2.23. The molecular weight excluding hydrogens is 267 g/mol. The quantitative estimate of drug-likeness (QED) is 0.821. The van der Waals surface area contributed by atoms with E-state index in [4.69, 9.17) is 5.73 Å². The van der Waals surface area contributed by atoms with Crippen LogP contribution in [0.3, 0.4) is 0 Å². The second-order valence-corrected chi connectivity index (χ2v) is 6.02. The fraction of sp³-hybridized carbons (Fsp3) is 0.235.